The number of morpholine rings is 1. The molecule has 2 saturated heterocycles. The Labute approximate surface area is 317 Å². The van der Waals surface area contributed by atoms with Crippen LogP contribution in [-0.2, 0) is 16.0 Å². The zero-order valence-electron chi connectivity index (χ0n) is 32.8. The molecule has 1 aromatic carbocycles. The molecule has 5 heterocycles. The summed E-state index contributed by atoms with van der Waals surface area (Å²) in [7, 11) is 0. The largest absolute Gasteiger partial charge is 0.448 e. The van der Waals surface area contributed by atoms with E-state index in [-0.39, 0.29) is 42.2 Å². The Morgan fingerprint density at radius 3 is 2.36 bits per heavy atom. The summed E-state index contributed by atoms with van der Waals surface area (Å²) < 4.78 is 24.8. The van der Waals surface area contributed by atoms with Crippen molar-refractivity contribution in [1.29, 1.82) is 0 Å². The van der Waals surface area contributed by atoms with E-state index in [0.29, 0.717) is 54.1 Å². The van der Waals surface area contributed by atoms with Crippen LogP contribution in [0.15, 0.2) is 46.2 Å². The molecule has 0 bridgehead atoms. The number of likely N-dealkylation sites (tertiary alicyclic amines) is 1. The van der Waals surface area contributed by atoms with Crippen molar-refractivity contribution in [2.45, 2.75) is 110 Å². The third kappa shape index (κ3) is 9.29. The fourth-order valence-corrected chi connectivity index (χ4v) is 7.76. The number of hydrogen-bond acceptors (Lipinski definition) is 10. The number of rotatable bonds is 7. The highest BCUT2D eigenvalue weighted by Crippen LogP contribution is 2.50. The van der Waals surface area contributed by atoms with Gasteiger partial charge in [-0.05, 0) is 91.0 Å². The lowest BCUT2D eigenvalue weighted by molar-refractivity contribution is -0.124. The van der Waals surface area contributed by atoms with Crippen LogP contribution in [0.2, 0.25) is 0 Å². The Hall–Kier alpha value is -4.23. The molecule has 2 aromatic heterocycles. The van der Waals surface area contributed by atoms with Gasteiger partial charge < -0.3 is 39.0 Å². The summed E-state index contributed by atoms with van der Waals surface area (Å²) in [5.41, 5.74) is 2.27. The van der Waals surface area contributed by atoms with Gasteiger partial charge in [-0.1, -0.05) is 13.8 Å². The topological polar surface area (TPSA) is 135 Å². The normalized spacial score (nSPS) is 21.5. The van der Waals surface area contributed by atoms with Gasteiger partial charge in [0.05, 0.1) is 12.2 Å². The number of benzene rings is 1. The van der Waals surface area contributed by atoms with E-state index >= 15 is 0 Å². The van der Waals surface area contributed by atoms with Crippen LogP contribution in [0, 0.1) is 12.8 Å². The zero-order chi connectivity index (χ0) is 38.7. The molecule has 2 fully saturated rings. The van der Waals surface area contributed by atoms with E-state index in [1.165, 1.54) is 11.8 Å². The molecule has 0 spiro atoms. The number of anilines is 1. The summed E-state index contributed by atoms with van der Waals surface area (Å²) in [5.74, 6) is 0.423. The van der Waals surface area contributed by atoms with Gasteiger partial charge in [0.15, 0.2) is 11.5 Å². The number of nitrogens with one attached hydrogen (secondary N) is 2. The molecule has 0 aliphatic carbocycles. The third-order valence-corrected chi connectivity index (χ3v) is 10.3. The molecule has 2 N–H and O–H groups in total. The van der Waals surface area contributed by atoms with Gasteiger partial charge in [0.25, 0.3) is 17.3 Å². The van der Waals surface area contributed by atoms with Gasteiger partial charge in [0.1, 0.15) is 11.4 Å². The number of aryl methyl sites for hydroxylation is 1. The molecule has 53 heavy (non-hydrogen) atoms. The monoisotopic (exact) mass is 749 g/mol. The lowest BCUT2D eigenvalue weighted by Crippen LogP contribution is -2.50. The van der Waals surface area contributed by atoms with E-state index in [9.17, 15) is 14.4 Å². The number of aromatic nitrogens is 2. The van der Waals surface area contributed by atoms with Gasteiger partial charge in [-0.2, -0.15) is 0 Å². The average molecular weight is 750 g/mol. The molecule has 2 amide bonds. The summed E-state index contributed by atoms with van der Waals surface area (Å²) in [6, 6.07) is 9.36. The van der Waals surface area contributed by atoms with Crippen LogP contribution in [0.25, 0.3) is 11.1 Å². The predicted octanol–water partition coefficient (Wildman–Crippen LogP) is 7.17. The second kappa shape index (κ2) is 16.4. The van der Waals surface area contributed by atoms with Crippen molar-refractivity contribution in [3.05, 3.63) is 63.7 Å². The Kier molecular flexibility index (Phi) is 12.4. The fourth-order valence-electron chi connectivity index (χ4n) is 7.05. The van der Waals surface area contributed by atoms with Gasteiger partial charge in [0, 0.05) is 84.6 Å². The number of thioether (sulfide) groups is 1. The molecule has 288 valence electrons. The highest BCUT2D eigenvalue weighted by atomic mass is 32.2. The standard InChI is InChI=1S/C38H49N5O7S.C2H6/c1-22-15-31(51-8)29(35(45)41-22)19-40-34(44)26-16-28(25-9-10-32(39-18-25)43-20-23(2)47-24(3)21-43)33-30(17-26)48-38(7,49-33)27-11-13-42(14-12-27)36(46)50-37(4,5)6;1-2/h9-10,15-18,23-24,27H,11-14,19-21H2,1-8H3,(H,40,44)(H,41,45);1-2H3. The van der Waals surface area contributed by atoms with E-state index in [4.69, 9.17) is 23.9 Å². The molecule has 3 aromatic rings. The van der Waals surface area contributed by atoms with Gasteiger partial charge in [0.2, 0.25) is 0 Å². The maximum atomic E-state index is 13.8. The lowest BCUT2D eigenvalue weighted by atomic mass is 9.89. The molecule has 12 nitrogen and oxygen atoms in total. The molecule has 0 radical (unpaired) electrons. The molecule has 3 aliphatic rings. The number of hydrogen-bond donors (Lipinski definition) is 2. The average Bonchev–Trinajstić information content (AvgIpc) is 3.47. The highest BCUT2D eigenvalue weighted by Gasteiger charge is 2.47. The quantitative estimate of drug-likeness (QED) is 0.240. The third-order valence-electron chi connectivity index (χ3n) is 9.50. The van der Waals surface area contributed by atoms with Crippen LogP contribution in [0.3, 0.4) is 0 Å². The first-order valence-corrected chi connectivity index (χ1v) is 19.8. The van der Waals surface area contributed by atoms with Gasteiger partial charge in [-0.25, -0.2) is 9.78 Å². The van der Waals surface area contributed by atoms with E-state index in [2.05, 4.69) is 29.0 Å². The molecular weight excluding hydrogens is 695 g/mol. The summed E-state index contributed by atoms with van der Waals surface area (Å²) in [6.07, 6.45) is 4.87. The number of carbonyl (C=O) groups is 2. The minimum Gasteiger partial charge on any atom is -0.448 e. The smallest absolute Gasteiger partial charge is 0.410 e. The highest BCUT2D eigenvalue weighted by molar-refractivity contribution is 7.98. The van der Waals surface area contributed by atoms with Crippen molar-refractivity contribution in [1.82, 2.24) is 20.2 Å². The number of pyridine rings is 2. The zero-order valence-corrected chi connectivity index (χ0v) is 33.6. The van der Waals surface area contributed by atoms with Crippen molar-refractivity contribution in [2.24, 2.45) is 5.92 Å². The van der Waals surface area contributed by atoms with E-state index < -0.39 is 11.4 Å². The summed E-state index contributed by atoms with van der Waals surface area (Å²) >= 11 is 1.46. The summed E-state index contributed by atoms with van der Waals surface area (Å²) in [4.78, 5) is 51.7. The van der Waals surface area contributed by atoms with Crippen LogP contribution < -0.4 is 25.2 Å². The number of piperidine rings is 1. The Morgan fingerprint density at radius 1 is 1.08 bits per heavy atom. The van der Waals surface area contributed by atoms with E-state index in [0.717, 1.165) is 35.1 Å². The Balaban J connectivity index is 0.00000266. The van der Waals surface area contributed by atoms with Crippen LogP contribution in [0.5, 0.6) is 11.5 Å². The number of nitrogens with zero attached hydrogens (tertiary/aromatic N) is 3. The number of amides is 2. The van der Waals surface area contributed by atoms with Crippen LogP contribution in [0.1, 0.15) is 89.8 Å². The van der Waals surface area contributed by atoms with Crippen molar-refractivity contribution in [3.8, 4) is 22.6 Å². The van der Waals surface area contributed by atoms with Crippen LogP contribution in [-0.4, -0.2) is 82.9 Å². The lowest BCUT2D eigenvalue weighted by Gasteiger charge is -2.39. The van der Waals surface area contributed by atoms with E-state index in [1.54, 1.807) is 23.2 Å². The predicted molar refractivity (Wildman–Crippen MR) is 208 cm³/mol. The number of aromatic amines is 1. The molecular formula is C40H55N5O7S. The van der Waals surface area contributed by atoms with Gasteiger partial charge in [-0.15, -0.1) is 11.8 Å². The first-order valence-electron chi connectivity index (χ1n) is 18.6. The second-order valence-electron chi connectivity index (χ2n) is 14.9. The van der Waals surface area contributed by atoms with Crippen molar-refractivity contribution < 1.29 is 28.5 Å². The fraction of sp³-hybridized carbons (Fsp3) is 0.550. The maximum absolute atomic E-state index is 13.8. The maximum Gasteiger partial charge on any atom is 0.410 e. The summed E-state index contributed by atoms with van der Waals surface area (Å²) in [5, 5.41) is 2.94. The minimum atomic E-state index is -1.03. The molecule has 0 saturated carbocycles. The van der Waals surface area contributed by atoms with E-state index in [1.807, 2.05) is 72.9 Å². The molecule has 3 atom stereocenters. The van der Waals surface area contributed by atoms with Crippen molar-refractivity contribution >= 4 is 29.6 Å². The molecule has 13 heteroatoms. The minimum absolute atomic E-state index is 0.0299. The Bertz CT molecular complexity index is 1820. The molecule has 3 unspecified atom stereocenters. The second-order valence-corrected chi connectivity index (χ2v) is 15.7. The first kappa shape index (κ1) is 40.0. The van der Waals surface area contributed by atoms with Gasteiger partial charge in [-0.3, -0.25) is 9.59 Å². The number of carbonyl (C=O) groups excluding carboxylic acids is 2. The first-order chi connectivity index (χ1) is 25.1. The van der Waals surface area contributed by atoms with Crippen LogP contribution >= 0.6 is 11.8 Å². The number of fused-ring (bicyclic) bond motifs is 1. The van der Waals surface area contributed by atoms with Crippen molar-refractivity contribution in [3.63, 3.8) is 0 Å². The number of ether oxygens (including phenoxy) is 4. The van der Waals surface area contributed by atoms with Crippen LogP contribution in [0.4, 0.5) is 10.6 Å². The van der Waals surface area contributed by atoms with Crippen molar-refractivity contribution in [2.75, 3.05) is 37.3 Å². The molecule has 6 rings (SSSR count). The molecule has 3 aliphatic heterocycles. The summed E-state index contributed by atoms with van der Waals surface area (Å²) in [6.45, 7) is 20.0. The Morgan fingerprint density at radius 2 is 1.75 bits per heavy atom. The number of H-pyrrole nitrogens is 1. The SMILES string of the molecule is CC.CSc1cc(C)[nH]c(=O)c1CNC(=O)c1cc2c(c(-c3ccc(N4CC(C)OC(C)C4)nc3)c1)OC(C)(C1CCN(C(=O)OC(C)(C)C)CC1)O2. The van der Waals surface area contributed by atoms with Gasteiger partial charge >= 0.3 is 6.09 Å².